The number of hydrogen-bond donors (Lipinski definition) is 1. The van der Waals surface area contributed by atoms with Crippen LogP contribution < -0.4 is 4.72 Å². The molecule has 134 valence electrons. The van der Waals surface area contributed by atoms with Gasteiger partial charge in [0.1, 0.15) is 4.21 Å². The second kappa shape index (κ2) is 7.65. The van der Waals surface area contributed by atoms with Crippen LogP contribution in [0.1, 0.15) is 21.5 Å². The molecule has 0 saturated carbocycles. The molecule has 1 amide bonds. The molecule has 3 rings (SSSR count). The van der Waals surface area contributed by atoms with E-state index in [1.165, 1.54) is 6.07 Å². The quantitative estimate of drug-likeness (QED) is 0.861. The molecule has 0 spiro atoms. The summed E-state index contributed by atoms with van der Waals surface area (Å²) in [5, 5.41) is 1.60. The molecule has 6 nitrogen and oxygen atoms in total. The van der Waals surface area contributed by atoms with E-state index < -0.39 is 10.0 Å². The molecule has 1 fully saturated rings. The van der Waals surface area contributed by atoms with Crippen LogP contribution in [0.5, 0.6) is 0 Å². The maximum Gasteiger partial charge on any atom is 0.254 e. The van der Waals surface area contributed by atoms with Gasteiger partial charge in [-0.25, -0.2) is 13.1 Å². The average Bonchev–Trinajstić information content (AvgIpc) is 3.12. The van der Waals surface area contributed by atoms with Crippen LogP contribution in [-0.2, 0) is 21.3 Å². The van der Waals surface area contributed by atoms with Gasteiger partial charge in [-0.2, -0.15) is 0 Å². The lowest BCUT2D eigenvalue weighted by Crippen LogP contribution is -2.40. The first-order chi connectivity index (χ1) is 12.0. The van der Waals surface area contributed by atoms with Gasteiger partial charge in [0.15, 0.2) is 0 Å². The van der Waals surface area contributed by atoms with Gasteiger partial charge in [0.05, 0.1) is 18.8 Å². The molecule has 0 bridgehead atoms. The molecule has 0 atom stereocenters. The number of nitrogens with zero attached hydrogens (tertiary/aromatic N) is 1. The fourth-order valence-corrected chi connectivity index (χ4v) is 4.78. The molecule has 1 aromatic heterocycles. The molecule has 1 saturated heterocycles. The Hall–Kier alpha value is -1.74. The Kier molecular flexibility index (Phi) is 5.53. The molecule has 1 N–H and O–H groups in total. The van der Waals surface area contributed by atoms with E-state index in [0.717, 1.165) is 22.5 Å². The number of amides is 1. The van der Waals surface area contributed by atoms with E-state index in [1.807, 2.05) is 31.2 Å². The lowest BCUT2D eigenvalue weighted by Gasteiger charge is -2.26. The number of sulfonamides is 1. The van der Waals surface area contributed by atoms with Crippen LogP contribution in [0.4, 0.5) is 0 Å². The second-order valence-corrected chi connectivity index (χ2v) is 8.72. The molecule has 8 heteroatoms. The molecular weight excluding hydrogens is 360 g/mol. The van der Waals surface area contributed by atoms with E-state index in [-0.39, 0.29) is 16.7 Å². The molecule has 0 radical (unpaired) electrons. The number of aryl methyl sites for hydroxylation is 1. The van der Waals surface area contributed by atoms with E-state index >= 15 is 0 Å². The van der Waals surface area contributed by atoms with E-state index in [9.17, 15) is 13.2 Å². The standard InChI is InChI=1S/C17H20N2O4S2/c1-13-4-2-3-5-14(13)11-18-25(21,22)16-10-15(12-24-16)17(20)19-6-8-23-9-7-19/h2-5,10,12,18H,6-9,11H2,1H3. The summed E-state index contributed by atoms with van der Waals surface area (Å²) in [6.45, 7) is 4.25. The average molecular weight is 380 g/mol. The summed E-state index contributed by atoms with van der Waals surface area (Å²) in [6, 6.07) is 9.06. The van der Waals surface area contributed by atoms with Crippen molar-refractivity contribution in [1.29, 1.82) is 0 Å². The first-order valence-electron chi connectivity index (χ1n) is 7.97. The summed E-state index contributed by atoms with van der Waals surface area (Å²) in [7, 11) is -3.65. The van der Waals surface area contributed by atoms with Crippen LogP contribution in [0.25, 0.3) is 0 Å². The molecule has 1 aromatic carbocycles. The van der Waals surface area contributed by atoms with Gasteiger partial charge in [0.25, 0.3) is 5.91 Å². The van der Waals surface area contributed by atoms with Gasteiger partial charge in [-0.1, -0.05) is 24.3 Å². The van der Waals surface area contributed by atoms with Gasteiger partial charge < -0.3 is 9.64 Å². The molecule has 2 heterocycles. The minimum absolute atomic E-state index is 0.151. The van der Waals surface area contributed by atoms with Crippen LogP contribution in [0.2, 0.25) is 0 Å². The van der Waals surface area contributed by atoms with Gasteiger partial charge in [0.2, 0.25) is 10.0 Å². The summed E-state index contributed by atoms with van der Waals surface area (Å²) in [4.78, 5) is 14.1. The number of thiophene rings is 1. The van der Waals surface area contributed by atoms with Crippen molar-refractivity contribution in [1.82, 2.24) is 9.62 Å². The van der Waals surface area contributed by atoms with Crippen LogP contribution in [0.15, 0.2) is 39.9 Å². The summed E-state index contributed by atoms with van der Waals surface area (Å²) >= 11 is 1.06. The lowest BCUT2D eigenvalue weighted by molar-refractivity contribution is 0.0303. The first kappa shape index (κ1) is 18.1. The van der Waals surface area contributed by atoms with Gasteiger partial charge in [-0.15, -0.1) is 11.3 Å². The highest BCUT2D eigenvalue weighted by Gasteiger charge is 2.23. The third kappa shape index (κ3) is 4.27. The number of carbonyl (C=O) groups excluding carboxylic acids is 1. The zero-order chi connectivity index (χ0) is 17.9. The smallest absolute Gasteiger partial charge is 0.254 e. The summed E-state index contributed by atoms with van der Waals surface area (Å²) in [5.74, 6) is -0.153. The molecule has 25 heavy (non-hydrogen) atoms. The summed E-state index contributed by atoms with van der Waals surface area (Å²) < 4.78 is 33.0. The fraction of sp³-hybridized carbons (Fsp3) is 0.353. The van der Waals surface area contributed by atoms with Gasteiger partial charge in [-0.3, -0.25) is 4.79 Å². The molecule has 1 aliphatic heterocycles. The Morgan fingerprint density at radius 1 is 1.28 bits per heavy atom. The normalized spacial score (nSPS) is 15.3. The molecule has 0 aliphatic carbocycles. The molecular formula is C17H20N2O4S2. The third-order valence-corrected chi connectivity index (χ3v) is 6.94. The highest BCUT2D eigenvalue weighted by Crippen LogP contribution is 2.22. The molecule has 1 aliphatic rings. The number of hydrogen-bond acceptors (Lipinski definition) is 5. The Balaban J connectivity index is 1.69. The van der Waals surface area contributed by atoms with Crippen molar-refractivity contribution in [2.45, 2.75) is 17.7 Å². The number of ether oxygens (including phenoxy) is 1. The number of rotatable bonds is 5. The zero-order valence-corrected chi connectivity index (χ0v) is 15.5. The van der Waals surface area contributed by atoms with Crippen molar-refractivity contribution >= 4 is 27.3 Å². The van der Waals surface area contributed by atoms with E-state index in [4.69, 9.17) is 4.74 Å². The predicted molar refractivity (Wildman–Crippen MR) is 96.2 cm³/mol. The van der Waals surface area contributed by atoms with Crippen molar-refractivity contribution in [2.24, 2.45) is 0 Å². The van der Waals surface area contributed by atoms with E-state index in [2.05, 4.69) is 4.72 Å². The number of carbonyl (C=O) groups is 1. The van der Waals surface area contributed by atoms with Crippen molar-refractivity contribution < 1.29 is 17.9 Å². The first-order valence-corrected chi connectivity index (χ1v) is 10.3. The number of nitrogens with one attached hydrogen (secondary N) is 1. The topological polar surface area (TPSA) is 75.7 Å². The zero-order valence-electron chi connectivity index (χ0n) is 13.9. The summed E-state index contributed by atoms with van der Waals surface area (Å²) in [6.07, 6.45) is 0. The number of morpholine rings is 1. The highest BCUT2D eigenvalue weighted by molar-refractivity contribution is 7.91. The Labute approximate surface area is 151 Å². The van der Waals surface area contributed by atoms with Crippen LogP contribution in [0, 0.1) is 6.92 Å². The van der Waals surface area contributed by atoms with Crippen molar-refractivity contribution in [3.05, 3.63) is 52.4 Å². The van der Waals surface area contributed by atoms with Gasteiger partial charge >= 0.3 is 0 Å². The van der Waals surface area contributed by atoms with E-state index in [1.54, 1.807) is 10.3 Å². The Morgan fingerprint density at radius 2 is 2.00 bits per heavy atom. The van der Waals surface area contributed by atoms with Gasteiger partial charge in [-0.05, 0) is 24.1 Å². The van der Waals surface area contributed by atoms with Crippen LogP contribution in [0.3, 0.4) is 0 Å². The predicted octanol–water partition coefficient (Wildman–Crippen LogP) is 2.01. The largest absolute Gasteiger partial charge is 0.378 e. The minimum Gasteiger partial charge on any atom is -0.378 e. The molecule has 2 aromatic rings. The Morgan fingerprint density at radius 3 is 2.72 bits per heavy atom. The monoisotopic (exact) mass is 380 g/mol. The van der Waals surface area contributed by atoms with Crippen molar-refractivity contribution in [2.75, 3.05) is 26.3 Å². The highest BCUT2D eigenvalue weighted by atomic mass is 32.2. The maximum atomic E-state index is 12.5. The Bertz CT molecular complexity index is 855. The van der Waals surface area contributed by atoms with Gasteiger partial charge in [0, 0.05) is 25.0 Å². The van der Waals surface area contributed by atoms with E-state index in [0.29, 0.717) is 31.9 Å². The fourth-order valence-electron chi connectivity index (χ4n) is 2.57. The third-order valence-electron chi connectivity index (χ3n) is 4.10. The SMILES string of the molecule is Cc1ccccc1CNS(=O)(=O)c1cc(C(=O)N2CCOCC2)cs1. The lowest BCUT2D eigenvalue weighted by atomic mass is 10.1. The number of benzene rings is 1. The van der Waals surface area contributed by atoms with Crippen molar-refractivity contribution in [3.8, 4) is 0 Å². The van der Waals surface area contributed by atoms with Crippen LogP contribution in [-0.4, -0.2) is 45.5 Å². The minimum atomic E-state index is -3.65. The van der Waals surface area contributed by atoms with Crippen LogP contribution >= 0.6 is 11.3 Å². The summed E-state index contributed by atoms with van der Waals surface area (Å²) in [5.41, 5.74) is 2.36. The second-order valence-electron chi connectivity index (χ2n) is 5.81. The van der Waals surface area contributed by atoms with Crippen molar-refractivity contribution in [3.63, 3.8) is 0 Å². The molecule has 0 unspecified atom stereocenters. The maximum absolute atomic E-state index is 12.5.